The third-order valence-corrected chi connectivity index (χ3v) is 7.82. The third kappa shape index (κ3) is 5.20. The van der Waals surface area contributed by atoms with Crippen LogP contribution in [0.4, 0.5) is 23.2 Å². The van der Waals surface area contributed by atoms with Crippen molar-refractivity contribution in [3.05, 3.63) is 58.9 Å². The van der Waals surface area contributed by atoms with Crippen molar-refractivity contribution < 1.29 is 35.9 Å². The van der Waals surface area contributed by atoms with Gasteiger partial charge in [0.05, 0.1) is 11.0 Å². The average Bonchev–Trinajstić information content (AvgIpc) is 2.88. The highest BCUT2D eigenvalue weighted by Gasteiger charge is 2.41. The predicted octanol–water partition coefficient (Wildman–Crippen LogP) is 4.14. The molecule has 1 aliphatic rings. The van der Waals surface area contributed by atoms with Gasteiger partial charge in [-0.2, -0.15) is 4.31 Å². The largest absolute Gasteiger partial charge is 0.392 e. The fraction of sp³-hybridized carbons (Fsp3) is 0.409. The minimum Gasteiger partial charge on any atom is -0.392 e. The fourth-order valence-electron chi connectivity index (χ4n) is 3.84. The summed E-state index contributed by atoms with van der Waals surface area (Å²) in [7, 11) is -4.33. The zero-order chi connectivity index (χ0) is 24.6. The van der Waals surface area contributed by atoms with Crippen molar-refractivity contribution >= 4 is 21.6 Å². The lowest BCUT2D eigenvalue weighted by molar-refractivity contribution is 0.102. The van der Waals surface area contributed by atoms with Gasteiger partial charge in [0.1, 0.15) is 6.67 Å². The zero-order valence-electron chi connectivity index (χ0n) is 18.0. The van der Waals surface area contributed by atoms with E-state index in [4.69, 9.17) is 0 Å². The molecular formula is C22H24F4N2O4S. The smallest absolute Gasteiger partial charge is 0.255 e. The molecule has 1 aliphatic heterocycles. The number of alkyl halides is 1. The fourth-order valence-corrected chi connectivity index (χ4v) is 5.92. The molecule has 0 bridgehead atoms. The molecule has 0 spiro atoms. The second-order valence-corrected chi connectivity index (χ2v) is 10.4. The normalized spacial score (nSPS) is 19.2. The van der Waals surface area contributed by atoms with Gasteiger partial charge in [-0.25, -0.2) is 26.0 Å². The van der Waals surface area contributed by atoms with Gasteiger partial charge in [0.25, 0.3) is 5.91 Å². The molecule has 1 heterocycles. The summed E-state index contributed by atoms with van der Waals surface area (Å²) in [5.41, 5.74) is -1.65. The number of nitrogens with one attached hydrogen (secondary N) is 1. The number of hydrogen-bond acceptors (Lipinski definition) is 4. The van der Waals surface area contributed by atoms with Crippen molar-refractivity contribution in [2.75, 3.05) is 11.9 Å². The Bertz CT molecular complexity index is 1150. The minimum absolute atomic E-state index is 0.181. The van der Waals surface area contributed by atoms with E-state index < -0.39 is 56.6 Å². The predicted molar refractivity (Wildman–Crippen MR) is 113 cm³/mol. The average molecular weight is 489 g/mol. The van der Waals surface area contributed by atoms with E-state index in [1.165, 1.54) is 6.07 Å². The van der Waals surface area contributed by atoms with Crippen molar-refractivity contribution in [2.24, 2.45) is 0 Å². The van der Waals surface area contributed by atoms with Crippen molar-refractivity contribution in [1.82, 2.24) is 4.31 Å². The van der Waals surface area contributed by atoms with Crippen LogP contribution < -0.4 is 5.32 Å². The lowest BCUT2D eigenvalue weighted by Crippen LogP contribution is -2.49. The summed E-state index contributed by atoms with van der Waals surface area (Å²) in [5.74, 6) is -5.65. The Morgan fingerprint density at radius 2 is 1.82 bits per heavy atom. The van der Waals surface area contributed by atoms with Crippen molar-refractivity contribution in [1.29, 1.82) is 0 Å². The highest BCUT2D eigenvalue weighted by molar-refractivity contribution is 7.89. The Balaban J connectivity index is 2.00. The first-order chi connectivity index (χ1) is 15.4. The van der Waals surface area contributed by atoms with Crippen molar-refractivity contribution in [3.8, 4) is 0 Å². The van der Waals surface area contributed by atoms with Crippen LogP contribution in [-0.2, 0) is 16.7 Å². The molecule has 2 aromatic rings. The first-order valence-electron chi connectivity index (χ1n) is 10.2. The van der Waals surface area contributed by atoms with Crippen molar-refractivity contribution in [3.63, 3.8) is 0 Å². The van der Waals surface area contributed by atoms with Gasteiger partial charge in [0.15, 0.2) is 17.5 Å². The van der Waals surface area contributed by atoms with Gasteiger partial charge < -0.3 is 10.4 Å². The molecule has 1 amide bonds. The molecule has 1 saturated heterocycles. The molecule has 1 unspecified atom stereocenters. The number of aliphatic hydroxyl groups excluding tert-OH is 1. The number of carbonyl (C=O) groups is 1. The number of halogens is 4. The Hall–Kier alpha value is -2.50. The summed E-state index contributed by atoms with van der Waals surface area (Å²) in [5, 5.41) is 12.3. The zero-order valence-corrected chi connectivity index (χ0v) is 18.9. The first kappa shape index (κ1) is 25.1. The first-order valence-corrected chi connectivity index (χ1v) is 11.7. The summed E-state index contributed by atoms with van der Waals surface area (Å²) >= 11 is 0. The molecule has 180 valence electrons. The maximum absolute atomic E-state index is 13.7. The summed E-state index contributed by atoms with van der Waals surface area (Å²) in [6.45, 7) is 2.09. The lowest BCUT2D eigenvalue weighted by atomic mass is 9.99. The molecule has 2 aromatic carbocycles. The molecule has 2 N–H and O–H groups in total. The molecular weight excluding hydrogens is 464 g/mol. The quantitative estimate of drug-likeness (QED) is 0.489. The van der Waals surface area contributed by atoms with Crippen LogP contribution >= 0.6 is 0 Å². The van der Waals surface area contributed by atoms with E-state index in [0.29, 0.717) is 31.4 Å². The molecule has 0 aliphatic carbocycles. The number of hydrogen-bond donors (Lipinski definition) is 2. The second-order valence-electron chi connectivity index (χ2n) is 8.56. The summed E-state index contributed by atoms with van der Waals surface area (Å²) in [4.78, 5) is 12.2. The number of amides is 1. The molecule has 11 heteroatoms. The van der Waals surface area contributed by atoms with Gasteiger partial charge >= 0.3 is 0 Å². The number of carbonyl (C=O) groups excluding carboxylic acids is 1. The molecule has 3 rings (SSSR count). The molecule has 6 nitrogen and oxygen atoms in total. The van der Waals surface area contributed by atoms with Crippen LogP contribution in [-0.4, -0.2) is 41.9 Å². The molecule has 1 atom stereocenters. The molecule has 0 saturated carbocycles. The topological polar surface area (TPSA) is 86.7 Å². The van der Waals surface area contributed by atoms with E-state index in [-0.39, 0.29) is 23.4 Å². The van der Waals surface area contributed by atoms with Gasteiger partial charge in [-0.1, -0.05) is 6.07 Å². The van der Waals surface area contributed by atoms with Crippen LogP contribution in [0.15, 0.2) is 35.2 Å². The Morgan fingerprint density at radius 1 is 1.18 bits per heavy atom. The van der Waals surface area contributed by atoms with E-state index in [9.17, 15) is 35.9 Å². The number of nitrogens with zero attached hydrogens (tertiary/aromatic N) is 1. The number of benzene rings is 2. The number of sulfonamides is 1. The van der Waals surface area contributed by atoms with Gasteiger partial charge in [-0.05, 0) is 45.2 Å². The highest BCUT2D eigenvalue weighted by atomic mass is 32.2. The van der Waals surface area contributed by atoms with E-state index in [0.717, 1.165) is 16.4 Å². The maximum Gasteiger partial charge on any atom is 0.255 e. The summed E-state index contributed by atoms with van der Waals surface area (Å²) in [6.07, 6.45) is 0.586. The standard InChI is InChI=1S/C22H24F4N2O4S/c1-22(2)7-3-4-16(29)12-28(22)33(31,32)19-8-13(5-6-14(19)11-23)21(30)27-15-9-17(24)20(26)18(25)10-15/h5-6,8-10,16,29H,3-4,7,11-12H2,1-2H3,(H,27,30). The minimum atomic E-state index is -4.33. The van der Waals surface area contributed by atoms with Crippen LogP contribution in [0.1, 0.15) is 49.0 Å². The lowest BCUT2D eigenvalue weighted by Gasteiger charge is -2.36. The Labute approximate surface area is 189 Å². The van der Waals surface area contributed by atoms with Gasteiger partial charge in [-0.3, -0.25) is 4.79 Å². The Kier molecular flexibility index (Phi) is 7.15. The van der Waals surface area contributed by atoms with Gasteiger partial charge in [0.2, 0.25) is 10.0 Å². The van der Waals surface area contributed by atoms with E-state index in [2.05, 4.69) is 5.32 Å². The van der Waals surface area contributed by atoms with Gasteiger partial charge in [-0.15, -0.1) is 0 Å². The van der Waals surface area contributed by atoms with Crippen LogP contribution in [0.25, 0.3) is 0 Å². The van der Waals surface area contributed by atoms with Crippen LogP contribution in [0.3, 0.4) is 0 Å². The van der Waals surface area contributed by atoms with Crippen LogP contribution in [0.5, 0.6) is 0 Å². The third-order valence-electron chi connectivity index (χ3n) is 5.66. The SMILES string of the molecule is CC1(C)CCCC(O)CN1S(=O)(=O)c1cc(C(=O)Nc2cc(F)c(F)c(F)c2)ccc1CF. The van der Waals surface area contributed by atoms with E-state index in [1.807, 2.05) is 0 Å². The number of anilines is 1. The van der Waals surface area contributed by atoms with E-state index in [1.54, 1.807) is 13.8 Å². The van der Waals surface area contributed by atoms with Gasteiger partial charge in [0, 0.05) is 41.0 Å². The number of aliphatic hydroxyl groups is 1. The van der Waals surface area contributed by atoms with Crippen LogP contribution in [0.2, 0.25) is 0 Å². The Morgan fingerprint density at radius 3 is 2.42 bits per heavy atom. The maximum atomic E-state index is 13.7. The summed E-state index contributed by atoms with van der Waals surface area (Å²) < 4.78 is 81.9. The second kappa shape index (κ2) is 9.40. The number of rotatable bonds is 5. The van der Waals surface area contributed by atoms with E-state index >= 15 is 0 Å². The highest BCUT2D eigenvalue weighted by Crippen LogP contribution is 2.34. The monoisotopic (exact) mass is 488 g/mol. The molecule has 0 radical (unpaired) electrons. The summed E-state index contributed by atoms with van der Waals surface area (Å²) in [6, 6.07) is 4.43. The van der Waals surface area contributed by atoms with Crippen molar-refractivity contribution in [2.45, 2.75) is 56.3 Å². The molecule has 33 heavy (non-hydrogen) atoms. The van der Waals surface area contributed by atoms with Crippen LogP contribution in [0, 0.1) is 17.5 Å². The molecule has 0 aromatic heterocycles. The molecule has 1 fully saturated rings. The number of β-amino-alcohol motifs (C(OH)–C–C–N with tert-alkyl or cyclic N) is 1.